The molecule has 19 heavy (non-hydrogen) atoms. The van der Waals surface area contributed by atoms with Gasteiger partial charge in [-0.05, 0) is 18.4 Å². The molecule has 1 aromatic carbocycles. The number of fused-ring (bicyclic) bond motifs is 1. The molecular formula is C16H20O3. The van der Waals surface area contributed by atoms with Crippen LogP contribution in [0, 0.1) is 11.8 Å². The molecule has 0 bridgehead atoms. The fourth-order valence-corrected chi connectivity index (χ4v) is 2.85. The zero-order chi connectivity index (χ0) is 13.8. The molecule has 0 radical (unpaired) electrons. The van der Waals surface area contributed by atoms with E-state index in [2.05, 4.69) is 6.92 Å². The third-order valence-electron chi connectivity index (χ3n) is 3.92. The maximum absolute atomic E-state index is 12.4. The highest BCUT2D eigenvalue weighted by Gasteiger charge is 2.39. The molecule has 3 nitrogen and oxygen atoms in total. The van der Waals surface area contributed by atoms with E-state index in [1.807, 2.05) is 24.3 Å². The second kappa shape index (κ2) is 6.00. The van der Waals surface area contributed by atoms with E-state index < -0.39 is 0 Å². The summed E-state index contributed by atoms with van der Waals surface area (Å²) in [5, 5.41) is 0. The van der Waals surface area contributed by atoms with Crippen LogP contribution in [0.2, 0.25) is 0 Å². The third kappa shape index (κ3) is 2.70. The number of unbranched alkanes of at least 4 members (excludes halogenated alkanes) is 1. The first-order chi connectivity index (χ1) is 9.19. The standard InChI is InChI=1S/C16H20O3/c1-3-4-8-13(16(18)19-2)14-10-11-7-5-6-9-12(11)15(14)17/h5-7,9,13-14H,3-4,8,10H2,1-2H3. The first kappa shape index (κ1) is 13.8. The van der Waals surface area contributed by atoms with Gasteiger partial charge in [-0.3, -0.25) is 9.59 Å². The van der Waals surface area contributed by atoms with Crippen LogP contribution in [0.1, 0.15) is 42.1 Å². The Balaban J connectivity index is 2.20. The Hall–Kier alpha value is -1.64. The van der Waals surface area contributed by atoms with Gasteiger partial charge in [-0.1, -0.05) is 44.0 Å². The molecule has 0 heterocycles. The molecule has 0 aliphatic heterocycles. The van der Waals surface area contributed by atoms with Crippen LogP contribution in [-0.2, 0) is 16.0 Å². The lowest BCUT2D eigenvalue weighted by atomic mass is 9.85. The maximum atomic E-state index is 12.4. The van der Waals surface area contributed by atoms with Crippen molar-refractivity contribution in [1.29, 1.82) is 0 Å². The summed E-state index contributed by atoms with van der Waals surface area (Å²) in [6.07, 6.45) is 3.35. The van der Waals surface area contributed by atoms with Crippen LogP contribution in [0.4, 0.5) is 0 Å². The van der Waals surface area contributed by atoms with E-state index >= 15 is 0 Å². The molecule has 2 unspecified atom stereocenters. The molecule has 0 fully saturated rings. The van der Waals surface area contributed by atoms with E-state index in [4.69, 9.17) is 4.74 Å². The van der Waals surface area contributed by atoms with Gasteiger partial charge in [-0.2, -0.15) is 0 Å². The summed E-state index contributed by atoms with van der Waals surface area (Å²) in [6, 6.07) is 7.64. The van der Waals surface area contributed by atoms with Gasteiger partial charge >= 0.3 is 5.97 Å². The molecule has 0 amide bonds. The lowest BCUT2D eigenvalue weighted by molar-refractivity contribution is -0.147. The van der Waals surface area contributed by atoms with E-state index in [0.29, 0.717) is 6.42 Å². The van der Waals surface area contributed by atoms with Crippen molar-refractivity contribution < 1.29 is 14.3 Å². The van der Waals surface area contributed by atoms with Gasteiger partial charge in [-0.25, -0.2) is 0 Å². The van der Waals surface area contributed by atoms with Crippen LogP contribution in [0.15, 0.2) is 24.3 Å². The van der Waals surface area contributed by atoms with E-state index in [-0.39, 0.29) is 23.6 Å². The number of carbonyl (C=O) groups excluding carboxylic acids is 2. The Kier molecular flexibility index (Phi) is 4.35. The quantitative estimate of drug-likeness (QED) is 0.764. The summed E-state index contributed by atoms with van der Waals surface area (Å²) in [5.74, 6) is -0.692. The minimum atomic E-state index is -0.301. The normalized spacial score (nSPS) is 19.1. The Morgan fingerprint density at radius 2 is 2.16 bits per heavy atom. The Labute approximate surface area is 114 Å². The van der Waals surface area contributed by atoms with Gasteiger partial charge in [-0.15, -0.1) is 0 Å². The average molecular weight is 260 g/mol. The fourth-order valence-electron chi connectivity index (χ4n) is 2.85. The molecule has 0 saturated heterocycles. The van der Waals surface area contributed by atoms with Crippen LogP contribution in [0.25, 0.3) is 0 Å². The monoisotopic (exact) mass is 260 g/mol. The topological polar surface area (TPSA) is 43.4 Å². The highest BCUT2D eigenvalue weighted by molar-refractivity contribution is 6.04. The molecular weight excluding hydrogens is 240 g/mol. The third-order valence-corrected chi connectivity index (χ3v) is 3.92. The number of ether oxygens (including phenoxy) is 1. The van der Waals surface area contributed by atoms with Gasteiger partial charge in [0.25, 0.3) is 0 Å². The first-order valence-electron chi connectivity index (χ1n) is 6.89. The van der Waals surface area contributed by atoms with Crippen LogP contribution in [-0.4, -0.2) is 18.9 Å². The van der Waals surface area contributed by atoms with Crippen molar-refractivity contribution in [2.24, 2.45) is 11.8 Å². The van der Waals surface area contributed by atoms with Gasteiger partial charge in [0, 0.05) is 11.5 Å². The number of rotatable bonds is 5. The van der Waals surface area contributed by atoms with E-state index in [1.165, 1.54) is 7.11 Å². The molecule has 3 heteroatoms. The number of carbonyl (C=O) groups is 2. The molecule has 2 atom stereocenters. The van der Waals surface area contributed by atoms with Crippen LogP contribution < -0.4 is 0 Å². The molecule has 0 spiro atoms. The maximum Gasteiger partial charge on any atom is 0.309 e. The Morgan fingerprint density at radius 3 is 2.79 bits per heavy atom. The predicted octanol–water partition coefficient (Wildman–Crippen LogP) is 3.02. The van der Waals surface area contributed by atoms with E-state index in [0.717, 1.165) is 30.4 Å². The number of Topliss-reactive ketones (excluding diaryl/α,β-unsaturated/α-hetero) is 1. The largest absolute Gasteiger partial charge is 0.469 e. The molecule has 102 valence electrons. The van der Waals surface area contributed by atoms with Gasteiger partial charge in [0.2, 0.25) is 0 Å². The average Bonchev–Trinajstić information content (AvgIpc) is 2.77. The van der Waals surface area contributed by atoms with Crippen molar-refractivity contribution in [2.75, 3.05) is 7.11 Å². The molecule has 0 aromatic heterocycles. The summed E-state index contributed by atoms with van der Waals surface area (Å²) in [7, 11) is 1.40. The summed E-state index contributed by atoms with van der Waals surface area (Å²) < 4.78 is 4.88. The van der Waals surface area contributed by atoms with Crippen LogP contribution in [0.5, 0.6) is 0 Å². The second-order valence-corrected chi connectivity index (χ2v) is 5.10. The smallest absolute Gasteiger partial charge is 0.309 e. The van der Waals surface area contributed by atoms with Gasteiger partial charge in [0.05, 0.1) is 13.0 Å². The van der Waals surface area contributed by atoms with Gasteiger partial charge < -0.3 is 4.74 Å². The highest BCUT2D eigenvalue weighted by atomic mass is 16.5. The second-order valence-electron chi connectivity index (χ2n) is 5.10. The minimum Gasteiger partial charge on any atom is -0.469 e. The molecule has 0 N–H and O–H groups in total. The van der Waals surface area contributed by atoms with E-state index in [1.54, 1.807) is 0 Å². The number of hydrogen-bond acceptors (Lipinski definition) is 3. The van der Waals surface area contributed by atoms with E-state index in [9.17, 15) is 9.59 Å². The number of hydrogen-bond donors (Lipinski definition) is 0. The number of benzene rings is 1. The SMILES string of the molecule is CCCCC(C(=O)OC)C1Cc2ccccc2C1=O. The Morgan fingerprint density at radius 1 is 1.42 bits per heavy atom. The minimum absolute atomic E-state index is 0.0992. The predicted molar refractivity (Wildman–Crippen MR) is 73.0 cm³/mol. The zero-order valence-corrected chi connectivity index (χ0v) is 11.5. The van der Waals surface area contributed by atoms with Gasteiger partial charge in [0.15, 0.2) is 5.78 Å². The number of methoxy groups -OCH3 is 1. The summed E-state index contributed by atoms with van der Waals surface area (Å²) >= 11 is 0. The molecule has 1 aromatic rings. The van der Waals surface area contributed by atoms with Crippen molar-refractivity contribution in [3.05, 3.63) is 35.4 Å². The fraction of sp³-hybridized carbons (Fsp3) is 0.500. The summed E-state index contributed by atoms with van der Waals surface area (Å²) in [6.45, 7) is 2.08. The van der Waals surface area contributed by atoms with Crippen LogP contribution in [0.3, 0.4) is 0 Å². The molecule has 0 saturated carbocycles. The molecule has 1 aliphatic carbocycles. The van der Waals surface area contributed by atoms with Gasteiger partial charge in [0.1, 0.15) is 0 Å². The first-order valence-corrected chi connectivity index (χ1v) is 6.89. The molecule has 2 rings (SSSR count). The number of ketones is 1. The lowest BCUT2D eigenvalue weighted by Crippen LogP contribution is -2.29. The van der Waals surface area contributed by atoms with Crippen molar-refractivity contribution in [2.45, 2.75) is 32.6 Å². The number of esters is 1. The summed E-state index contributed by atoms with van der Waals surface area (Å²) in [5.41, 5.74) is 1.83. The molecule has 1 aliphatic rings. The lowest BCUT2D eigenvalue weighted by Gasteiger charge is -2.19. The highest BCUT2D eigenvalue weighted by Crippen LogP contribution is 2.34. The van der Waals surface area contributed by atoms with Crippen molar-refractivity contribution in [3.63, 3.8) is 0 Å². The van der Waals surface area contributed by atoms with Crippen molar-refractivity contribution in [3.8, 4) is 0 Å². The zero-order valence-electron chi connectivity index (χ0n) is 11.5. The Bertz CT molecular complexity index is 479. The van der Waals surface area contributed by atoms with Crippen molar-refractivity contribution >= 4 is 11.8 Å². The summed E-state index contributed by atoms with van der Waals surface area (Å²) in [4.78, 5) is 24.3. The van der Waals surface area contributed by atoms with Crippen LogP contribution >= 0.6 is 0 Å². The van der Waals surface area contributed by atoms with Crippen molar-refractivity contribution in [1.82, 2.24) is 0 Å².